The summed E-state index contributed by atoms with van der Waals surface area (Å²) in [6, 6.07) is 6.65. The smallest absolute Gasteiger partial charge is 0.261 e. The molecule has 0 saturated carbocycles. The molecule has 1 heterocycles. The highest BCUT2D eigenvalue weighted by Gasteiger charge is 2.26. The Kier molecular flexibility index (Phi) is 3.65. The highest BCUT2D eigenvalue weighted by molar-refractivity contribution is 6.02. The summed E-state index contributed by atoms with van der Waals surface area (Å²) in [4.78, 5) is 35.2. The first-order valence-electron chi connectivity index (χ1n) is 5.63. The number of amides is 3. The maximum atomic E-state index is 11.8. The molecule has 1 aromatic rings. The fraction of sp³-hybridized carbons (Fsp3) is 0.250. The molecule has 3 amide bonds. The first-order valence-corrected chi connectivity index (χ1v) is 5.63. The molecule has 1 fully saturated rings. The lowest BCUT2D eigenvalue weighted by molar-refractivity contribution is -0.146. The molecule has 7 nitrogen and oxygen atoms in total. The van der Waals surface area contributed by atoms with Crippen LogP contribution in [-0.2, 0) is 14.4 Å². The van der Waals surface area contributed by atoms with Gasteiger partial charge in [-0.3, -0.25) is 19.7 Å². The van der Waals surface area contributed by atoms with Crippen molar-refractivity contribution in [3.63, 3.8) is 0 Å². The van der Waals surface area contributed by atoms with E-state index in [-0.39, 0.29) is 19.7 Å². The quantitative estimate of drug-likeness (QED) is 0.545. The molecule has 0 unspecified atom stereocenters. The second kappa shape index (κ2) is 5.38. The molecule has 19 heavy (non-hydrogen) atoms. The number of anilines is 1. The third-order valence-corrected chi connectivity index (χ3v) is 2.52. The van der Waals surface area contributed by atoms with Gasteiger partial charge < -0.3 is 15.4 Å². The summed E-state index contributed by atoms with van der Waals surface area (Å²) >= 11 is 0. The number of nitrogen functional groups attached to an aromatic ring is 1. The fourth-order valence-corrected chi connectivity index (χ4v) is 1.65. The number of carbonyl (C=O) groups is 3. The zero-order valence-corrected chi connectivity index (χ0v) is 10.1. The molecule has 3 N–H and O–H groups in total. The van der Waals surface area contributed by atoms with E-state index < -0.39 is 17.7 Å². The first kappa shape index (κ1) is 12.9. The van der Waals surface area contributed by atoms with Gasteiger partial charge in [0.25, 0.3) is 5.91 Å². The number of piperazine rings is 1. The lowest BCUT2D eigenvalue weighted by Gasteiger charge is -2.25. The van der Waals surface area contributed by atoms with Crippen LogP contribution in [0.4, 0.5) is 5.69 Å². The van der Waals surface area contributed by atoms with Crippen molar-refractivity contribution in [1.29, 1.82) is 0 Å². The molecule has 0 radical (unpaired) electrons. The topological polar surface area (TPSA) is 102 Å². The zero-order chi connectivity index (χ0) is 13.8. The van der Waals surface area contributed by atoms with Crippen LogP contribution in [0.5, 0.6) is 5.75 Å². The van der Waals surface area contributed by atoms with E-state index in [2.05, 4.69) is 5.32 Å². The van der Waals surface area contributed by atoms with Gasteiger partial charge in [-0.05, 0) is 12.1 Å². The third-order valence-electron chi connectivity index (χ3n) is 2.52. The van der Waals surface area contributed by atoms with Crippen molar-refractivity contribution >= 4 is 23.4 Å². The minimum absolute atomic E-state index is 0.134. The molecule has 0 bridgehead atoms. The van der Waals surface area contributed by atoms with Crippen LogP contribution in [0.3, 0.4) is 0 Å². The van der Waals surface area contributed by atoms with Gasteiger partial charge in [0.05, 0.1) is 0 Å². The number of ether oxygens (including phenoxy) is 1. The highest BCUT2D eigenvalue weighted by Crippen LogP contribution is 2.14. The summed E-state index contributed by atoms with van der Waals surface area (Å²) in [6.07, 6.45) is 0. The zero-order valence-electron chi connectivity index (χ0n) is 10.1. The molecule has 0 aromatic heterocycles. The van der Waals surface area contributed by atoms with Crippen molar-refractivity contribution in [2.45, 2.75) is 0 Å². The summed E-state index contributed by atoms with van der Waals surface area (Å²) in [7, 11) is 0. The van der Waals surface area contributed by atoms with E-state index in [0.29, 0.717) is 11.4 Å². The van der Waals surface area contributed by atoms with Crippen LogP contribution in [0.15, 0.2) is 24.3 Å². The van der Waals surface area contributed by atoms with Gasteiger partial charge in [-0.2, -0.15) is 0 Å². The van der Waals surface area contributed by atoms with Gasteiger partial charge >= 0.3 is 0 Å². The molecule has 1 aliphatic rings. The van der Waals surface area contributed by atoms with Crippen LogP contribution in [0.1, 0.15) is 0 Å². The predicted octanol–water partition coefficient (Wildman–Crippen LogP) is -0.867. The summed E-state index contributed by atoms with van der Waals surface area (Å²) in [5.74, 6) is -0.950. The van der Waals surface area contributed by atoms with Crippen LogP contribution < -0.4 is 15.8 Å². The van der Waals surface area contributed by atoms with Gasteiger partial charge in [-0.1, -0.05) is 6.07 Å². The van der Waals surface area contributed by atoms with Crippen LogP contribution in [0.25, 0.3) is 0 Å². The van der Waals surface area contributed by atoms with Crippen molar-refractivity contribution in [1.82, 2.24) is 10.2 Å². The number of nitrogens with zero attached hydrogens (tertiary/aromatic N) is 1. The third kappa shape index (κ3) is 3.44. The number of imide groups is 1. The molecule has 7 heteroatoms. The van der Waals surface area contributed by atoms with Crippen LogP contribution >= 0.6 is 0 Å². The molecule has 2 rings (SSSR count). The molecule has 100 valence electrons. The van der Waals surface area contributed by atoms with Crippen LogP contribution in [-0.4, -0.2) is 42.3 Å². The summed E-state index contributed by atoms with van der Waals surface area (Å²) in [6.45, 7) is -0.514. The largest absolute Gasteiger partial charge is 0.484 e. The van der Waals surface area contributed by atoms with Crippen LogP contribution in [0.2, 0.25) is 0 Å². The summed E-state index contributed by atoms with van der Waals surface area (Å²) < 4.78 is 5.26. The number of carbonyl (C=O) groups excluding carboxylic acids is 3. The number of nitrogens with two attached hydrogens (primary N) is 1. The Morgan fingerprint density at radius 3 is 2.63 bits per heavy atom. The molecular formula is C12H13N3O4. The molecule has 0 spiro atoms. The van der Waals surface area contributed by atoms with E-state index in [1.807, 2.05) is 0 Å². The van der Waals surface area contributed by atoms with Crippen molar-refractivity contribution < 1.29 is 19.1 Å². The number of rotatable bonds is 3. The van der Waals surface area contributed by atoms with Crippen LogP contribution in [0, 0.1) is 0 Å². The second-order valence-electron chi connectivity index (χ2n) is 4.08. The van der Waals surface area contributed by atoms with E-state index in [1.54, 1.807) is 24.3 Å². The Labute approximate surface area is 109 Å². The molecule has 1 aliphatic heterocycles. The van der Waals surface area contributed by atoms with E-state index in [0.717, 1.165) is 4.90 Å². The minimum atomic E-state index is -0.492. The molecule has 1 aromatic carbocycles. The SMILES string of the molecule is Nc1cccc(OCC(=O)N2CC(=O)NC(=O)C2)c1. The van der Waals surface area contributed by atoms with Crippen molar-refractivity contribution in [2.24, 2.45) is 0 Å². The Morgan fingerprint density at radius 2 is 2.00 bits per heavy atom. The van der Waals surface area contributed by atoms with Gasteiger partial charge in [0.2, 0.25) is 11.8 Å². The van der Waals surface area contributed by atoms with E-state index in [4.69, 9.17) is 10.5 Å². The standard InChI is InChI=1S/C12H13N3O4/c13-8-2-1-3-9(4-8)19-7-12(18)15-5-10(16)14-11(17)6-15/h1-4H,5-7,13H2,(H,14,16,17). The number of nitrogens with one attached hydrogen (secondary N) is 1. The maximum Gasteiger partial charge on any atom is 0.261 e. The van der Waals surface area contributed by atoms with Crippen molar-refractivity contribution in [2.75, 3.05) is 25.4 Å². The van der Waals surface area contributed by atoms with Gasteiger partial charge in [-0.15, -0.1) is 0 Å². The average Bonchev–Trinajstić information content (AvgIpc) is 2.35. The molecule has 0 aliphatic carbocycles. The van der Waals surface area contributed by atoms with Crippen molar-refractivity contribution in [3.8, 4) is 5.75 Å². The molecular weight excluding hydrogens is 250 g/mol. The van der Waals surface area contributed by atoms with Gasteiger partial charge in [0.1, 0.15) is 18.8 Å². The lowest BCUT2D eigenvalue weighted by atomic mass is 10.3. The maximum absolute atomic E-state index is 11.8. The summed E-state index contributed by atoms with van der Waals surface area (Å²) in [5, 5.41) is 2.12. The number of hydrogen-bond donors (Lipinski definition) is 2. The second-order valence-corrected chi connectivity index (χ2v) is 4.08. The van der Waals surface area contributed by atoms with Gasteiger partial charge in [0.15, 0.2) is 6.61 Å². The highest BCUT2D eigenvalue weighted by atomic mass is 16.5. The fourth-order valence-electron chi connectivity index (χ4n) is 1.65. The van der Waals surface area contributed by atoms with Crippen molar-refractivity contribution in [3.05, 3.63) is 24.3 Å². The van der Waals surface area contributed by atoms with Gasteiger partial charge in [0, 0.05) is 11.8 Å². The number of benzene rings is 1. The number of hydrogen-bond acceptors (Lipinski definition) is 5. The first-order chi connectivity index (χ1) is 9.04. The molecule has 0 atom stereocenters. The Bertz CT molecular complexity index is 513. The monoisotopic (exact) mass is 263 g/mol. The average molecular weight is 263 g/mol. The Hall–Kier alpha value is -2.57. The molecule has 1 saturated heterocycles. The Balaban J connectivity index is 1.90. The van der Waals surface area contributed by atoms with E-state index >= 15 is 0 Å². The summed E-state index contributed by atoms with van der Waals surface area (Å²) in [5.41, 5.74) is 6.10. The van der Waals surface area contributed by atoms with E-state index in [1.165, 1.54) is 0 Å². The Morgan fingerprint density at radius 1 is 1.32 bits per heavy atom. The normalized spacial score (nSPS) is 15.1. The van der Waals surface area contributed by atoms with Gasteiger partial charge in [-0.25, -0.2) is 0 Å². The lowest BCUT2D eigenvalue weighted by Crippen LogP contribution is -2.54. The minimum Gasteiger partial charge on any atom is -0.484 e. The predicted molar refractivity (Wildman–Crippen MR) is 66.1 cm³/mol. The van der Waals surface area contributed by atoms with E-state index in [9.17, 15) is 14.4 Å².